The molecule has 2 rings (SSSR count). The van der Waals surface area contributed by atoms with Gasteiger partial charge in [-0.2, -0.15) is 0 Å². The standard InChI is InChI=1S/C17H13Cl2F2N3O3/c18-9-1-3-11(12(19)5-9)17(27)23-7-15(25)22-8-16(26)24-14-4-2-10(20)6-13(14)21/h1-6H,7-8H2,(H,22,25)(H,23,27)(H,24,26). The molecule has 3 N–H and O–H groups in total. The molecule has 142 valence electrons. The van der Waals surface area contributed by atoms with Crippen molar-refractivity contribution in [3.8, 4) is 0 Å². The topological polar surface area (TPSA) is 87.3 Å². The highest BCUT2D eigenvalue weighted by atomic mass is 35.5. The fourth-order valence-corrected chi connectivity index (χ4v) is 2.45. The largest absolute Gasteiger partial charge is 0.345 e. The van der Waals surface area contributed by atoms with Crippen molar-refractivity contribution in [3.05, 3.63) is 63.6 Å². The van der Waals surface area contributed by atoms with E-state index in [-0.39, 0.29) is 16.3 Å². The molecular weight excluding hydrogens is 403 g/mol. The highest BCUT2D eigenvalue weighted by Crippen LogP contribution is 2.20. The van der Waals surface area contributed by atoms with Crippen LogP contribution in [0.2, 0.25) is 10.0 Å². The molecule has 2 aromatic rings. The predicted octanol–water partition coefficient (Wildman–Crippen LogP) is 2.76. The third-order valence-corrected chi connectivity index (χ3v) is 3.78. The molecule has 10 heteroatoms. The second-order valence-electron chi connectivity index (χ2n) is 5.26. The number of nitrogens with one attached hydrogen (secondary N) is 3. The molecule has 0 bridgehead atoms. The molecule has 0 aliphatic carbocycles. The van der Waals surface area contributed by atoms with Crippen molar-refractivity contribution in [1.29, 1.82) is 0 Å². The summed E-state index contributed by atoms with van der Waals surface area (Å²) in [6.07, 6.45) is 0. The van der Waals surface area contributed by atoms with Crippen LogP contribution in [0.25, 0.3) is 0 Å². The van der Waals surface area contributed by atoms with E-state index in [4.69, 9.17) is 23.2 Å². The minimum atomic E-state index is -0.943. The molecule has 0 spiro atoms. The Labute approximate surface area is 162 Å². The molecule has 0 saturated heterocycles. The van der Waals surface area contributed by atoms with Crippen LogP contribution in [0.1, 0.15) is 10.4 Å². The molecule has 0 fully saturated rings. The first kappa shape index (κ1) is 20.6. The van der Waals surface area contributed by atoms with Crippen molar-refractivity contribution in [2.24, 2.45) is 0 Å². The van der Waals surface area contributed by atoms with Crippen LogP contribution in [0.3, 0.4) is 0 Å². The van der Waals surface area contributed by atoms with Crippen molar-refractivity contribution >= 4 is 46.6 Å². The van der Waals surface area contributed by atoms with E-state index in [1.165, 1.54) is 18.2 Å². The minimum absolute atomic E-state index is 0.126. The second-order valence-corrected chi connectivity index (χ2v) is 6.10. The first-order chi connectivity index (χ1) is 12.8. The van der Waals surface area contributed by atoms with Gasteiger partial charge in [-0.15, -0.1) is 0 Å². The van der Waals surface area contributed by atoms with Crippen LogP contribution in [0, 0.1) is 11.6 Å². The molecule has 27 heavy (non-hydrogen) atoms. The maximum atomic E-state index is 13.4. The molecule has 0 atom stereocenters. The quantitative estimate of drug-likeness (QED) is 0.677. The third kappa shape index (κ3) is 6.19. The lowest BCUT2D eigenvalue weighted by Gasteiger charge is -2.09. The Morgan fingerprint density at radius 1 is 0.889 bits per heavy atom. The van der Waals surface area contributed by atoms with Crippen molar-refractivity contribution in [3.63, 3.8) is 0 Å². The highest BCUT2D eigenvalue weighted by Gasteiger charge is 2.13. The van der Waals surface area contributed by atoms with Crippen LogP contribution in [-0.2, 0) is 9.59 Å². The number of halogens is 4. The number of anilines is 1. The van der Waals surface area contributed by atoms with E-state index in [1.54, 1.807) is 0 Å². The van der Waals surface area contributed by atoms with Crippen molar-refractivity contribution < 1.29 is 23.2 Å². The van der Waals surface area contributed by atoms with Crippen LogP contribution in [-0.4, -0.2) is 30.8 Å². The molecule has 0 saturated carbocycles. The molecule has 0 radical (unpaired) electrons. The average molecular weight is 416 g/mol. The highest BCUT2D eigenvalue weighted by molar-refractivity contribution is 6.36. The molecule has 0 aliphatic heterocycles. The lowest BCUT2D eigenvalue weighted by Crippen LogP contribution is -2.40. The lowest BCUT2D eigenvalue weighted by molar-refractivity contribution is -0.123. The molecular formula is C17H13Cl2F2N3O3. The maximum Gasteiger partial charge on any atom is 0.253 e. The van der Waals surface area contributed by atoms with Crippen molar-refractivity contribution in [2.45, 2.75) is 0 Å². The predicted molar refractivity (Wildman–Crippen MR) is 96.8 cm³/mol. The molecule has 2 aromatic carbocycles. The van der Waals surface area contributed by atoms with Gasteiger partial charge in [0.15, 0.2) is 0 Å². The fourth-order valence-electron chi connectivity index (χ4n) is 1.96. The Hall–Kier alpha value is -2.71. The molecule has 3 amide bonds. The van der Waals surface area contributed by atoms with Gasteiger partial charge in [-0.05, 0) is 30.3 Å². The van der Waals surface area contributed by atoms with E-state index in [9.17, 15) is 23.2 Å². The normalized spacial score (nSPS) is 10.2. The number of rotatable bonds is 6. The van der Waals surface area contributed by atoms with Gasteiger partial charge in [0.25, 0.3) is 5.91 Å². The van der Waals surface area contributed by atoms with Crippen LogP contribution in [0.15, 0.2) is 36.4 Å². The minimum Gasteiger partial charge on any atom is -0.345 e. The van der Waals surface area contributed by atoms with Crippen LogP contribution < -0.4 is 16.0 Å². The van der Waals surface area contributed by atoms with Gasteiger partial charge in [-0.25, -0.2) is 8.78 Å². The SMILES string of the molecule is O=C(CNC(=O)c1ccc(Cl)cc1Cl)NCC(=O)Nc1ccc(F)cc1F. The zero-order valence-electron chi connectivity index (χ0n) is 13.6. The van der Waals surface area contributed by atoms with E-state index < -0.39 is 42.4 Å². The van der Waals surface area contributed by atoms with Gasteiger partial charge in [-0.3, -0.25) is 14.4 Å². The van der Waals surface area contributed by atoms with E-state index >= 15 is 0 Å². The van der Waals surface area contributed by atoms with Crippen LogP contribution in [0.5, 0.6) is 0 Å². The molecule has 6 nitrogen and oxygen atoms in total. The van der Waals surface area contributed by atoms with Gasteiger partial charge in [0.05, 0.1) is 29.4 Å². The summed E-state index contributed by atoms with van der Waals surface area (Å²) in [7, 11) is 0. The number of hydrogen-bond acceptors (Lipinski definition) is 3. The summed E-state index contributed by atoms with van der Waals surface area (Å²) in [5, 5.41) is 7.25. The summed E-state index contributed by atoms with van der Waals surface area (Å²) >= 11 is 11.6. The van der Waals surface area contributed by atoms with Gasteiger partial charge < -0.3 is 16.0 Å². The summed E-state index contributed by atoms with van der Waals surface area (Å²) in [6.45, 7) is -0.872. The van der Waals surface area contributed by atoms with Crippen LogP contribution >= 0.6 is 23.2 Å². The van der Waals surface area contributed by atoms with E-state index in [0.29, 0.717) is 11.1 Å². The average Bonchev–Trinajstić information content (AvgIpc) is 2.60. The Bertz CT molecular complexity index is 894. The lowest BCUT2D eigenvalue weighted by atomic mass is 10.2. The van der Waals surface area contributed by atoms with Crippen molar-refractivity contribution in [1.82, 2.24) is 10.6 Å². The Morgan fingerprint density at radius 3 is 2.26 bits per heavy atom. The fraction of sp³-hybridized carbons (Fsp3) is 0.118. The first-order valence-corrected chi connectivity index (χ1v) is 8.26. The van der Waals surface area contributed by atoms with Gasteiger partial charge in [0.1, 0.15) is 11.6 Å². The monoisotopic (exact) mass is 415 g/mol. The van der Waals surface area contributed by atoms with E-state index in [1.807, 2.05) is 0 Å². The summed E-state index contributed by atoms with van der Waals surface area (Å²) in [5.74, 6) is -3.69. The second kappa shape index (κ2) is 9.29. The summed E-state index contributed by atoms with van der Waals surface area (Å²) in [4.78, 5) is 35.3. The van der Waals surface area contributed by atoms with Gasteiger partial charge in [-0.1, -0.05) is 23.2 Å². The zero-order valence-corrected chi connectivity index (χ0v) is 15.1. The van der Waals surface area contributed by atoms with Gasteiger partial charge in [0.2, 0.25) is 11.8 Å². The summed E-state index contributed by atoms with van der Waals surface area (Å²) in [6, 6.07) is 6.92. The first-order valence-electron chi connectivity index (χ1n) is 7.51. The number of carbonyl (C=O) groups is 3. The zero-order chi connectivity index (χ0) is 20.0. The Balaban J connectivity index is 1.78. The summed E-state index contributed by atoms with van der Waals surface area (Å²) < 4.78 is 26.2. The Morgan fingerprint density at radius 2 is 1.59 bits per heavy atom. The Kier molecular flexibility index (Phi) is 7.09. The van der Waals surface area contributed by atoms with Gasteiger partial charge in [0, 0.05) is 11.1 Å². The molecule has 0 aliphatic rings. The molecule has 0 aromatic heterocycles. The number of carbonyl (C=O) groups excluding carboxylic acids is 3. The van der Waals surface area contributed by atoms with Crippen LogP contribution in [0.4, 0.5) is 14.5 Å². The maximum absolute atomic E-state index is 13.4. The number of amides is 3. The summed E-state index contributed by atoms with van der Waals surface area (Å²) in [5.41, 5.74) is -0.0836. The molecule has 0 unspecified atom stereocenters. The van der Waals surface area contributed by atoms with E-state index in [2.05, 4.69) is 16.0 Å². The molecule has 0 heterocycles. The van der Waals surface area contributed by atoms with Crippen molar-refractivity contribution in [2.75, 3.05) is 18.4 Å². The number of hydrogen-bond donors (Lipinski definition) is 3. The third-order valence-electron chi connectivity index (χ3n) is 3.24. The van der Waals surface area contributed by atoms with E-state index in [0.717, 1.165) is 12.1 Å². The smallest absolute Gasteiger partial charge is 0.253 e. The number of benzene rings is 2. The van der Waals surface area contributed by atoms with Gasteiger partial charge >= 0.3 is 0 Å².